The molecule has 144 valence electrons. The quantitative estimate of drug-likeness (QED) is 0.367. The molecule has 0 amide bonds. The van der Waals surface area contributed by atoms with Crippen molar-refractivity contribution in [3.05, 3.63) is 131 Å². The minimum atomic E-state index is 0.930. The maximum absolute atomic E-state index is 5.08. The summed E-state index contributed by atoms with van der Waals surface area (Å²) in [7, 11) is 0. The van der Waals surface area contributed by atoms with Gasteiger partial charge in [0.1, 0.15) is 5.84 Å². The predicted octanol–water partition coefficient (Wildman–Crippen LogP) is 7.09. The fourth-order valence-electron chi connectivity index (χ4n) is 3.77. The largest absolute Gasteiger partial charge is 0.294 e. The van der Waals surface area contributed by atoms with Crippen LogP contribution in [-0.2, 0) is 0 Å². The second-order valence-corrected chi connectivity index (χ2v) is 7.43. The van der Waals surface area contributed by atoms with E-state index < -0.39 is 0 Å². The third-order valence-corrected chi connectivity index (χ3v) is 5.29. The molecule has 0 saturated heterocycles. The van der Waals surface area contributed by atoms with Gasteiger partial charge in [-0.05, 0) is 36.8 Å². The number of aliphatic imine (C=N–C) groups is 1. The Morgan fingerprint density at radius 3 is 2.03 bits per heavy atom. The van der Waals surface area contributed by atoms with E-state index in [2.05, 4.69) is 109 Å². The molecule has 0 spiro atoms. The number of rotatable bonds is 3. The number of benzene rings is 4. The van der Waals surface area contributed by atoms with Crippen molar-refractivity contribution in [2.24, 2.45) is 4.99 Å². The Morgan fingerprint density at radius 1 is 0.667 bits per heavy atom. The molecule has 0 saturated carbocycles. The highest BCUT2D eigenvalue weighted by Crippen LogP contribution is 2.39. The predicted molar refractivity (Wildman–Crippen MR) is 127 cm³/mol. The number of fused-ring (bicyclic) bond motifs is 1. The Bertz CT molecular complexity index is 1220. The van der Waals surface area contributed by atoms with E-state index in [0.29, 0.717) is 0 Å². The lowest BCUT2D eigenvalue weighted by Gasteiger charge is -2.33. The van der Waals surface area contributed by atoms with Crippen LogP contribution in [0.15, 0.2) is 114 Å². The van der Waals surface area contributed by atoms with Gasteiger partial charge >= 0.3 is 0 Å². The molecule has 1 aliphatic rings. The lowest BCUT2D eigenvalue weighted by molar-refractivity contribution is 1.27. The van der Waals surface area contributed by atoms with E-state index in [1.807, 2.05) is 18.2 Å². The monoisotopic (exact) mass is 386 g/mol. The van der Waals surface area contributed by atoms with Gasteiger partial charge in [0.2, 0.25) is 0 Å². The molecule has 2 nitrogen and oxygen atoms in total. The Hall–Kier alpha value is -3.91. The normalized spacial score (nSPS) is 14.4. The van der Waals surface area contributed by atoms with Crippen molar-refractivity contribution in [3.8, 4) is 0 Å². The SMILES string of the molecule is Cc1ccc(/C=C2\c3ccccc3N=C(c3ccccc3)N2c2ccccc2)cc1. The number of anilines is 1. The van der Waals surface area contributed by atoms with Gasteiger partial charge in [-0.3, -0.25) is 4.90 Å². The smallest absolute Gasteiger partial charge is 0.145 e. The standard InChI is InChI=1S/C28H22N2/c1-21-16-18-22(19-17-21)20-27-25-14-8-9-15-26(25)29-28(23-10-4-2-5-11-23)30(27)24-12-6-3-7-13-24/h2-20H,1H3/b27-20+. The minimum Gasteiger partial charge on any atom is -0.294 e. The molecule has 0 aromatic heterocycles. The van der Waals surface area contributed by atoms with E-state index in [4.69, 9.17) is 4.99 Å². The van der Waals surface area contributed by atoms with Crippen LogP contribution >= 0.6 is 0 Å². The molecule has 4 aromatic rings. The molecular weight excluding hydrogens is 364 g/mol. The van der Waals surface area contributed by atoms with Gasteiger partial charge in [-0.25, -0.2) is 4.99 Å². The summed E-state index contributed by atoms with van der Waals surface area (Å²) in [5.74, 6) is 0.930. The molecule has 1 heterocycles. The van der Waals surface area contributed by atoms with E-state index in [-0.39, 0.29) is 0 Å². The number of aryl methyl sites for hydroxylation is 1. The summed E-state index contributed by atoms with van der Waals surface area (Å²) < 4.78 is 0. The summed E-state index contributed by atoms with van der Waals surface area (Å²) in [6.07, 6.45) is 2.25. The van der Waals surface area contributed by atoms with Gasteiger partial charge in [-0.1, -0.05) is 96.6 Å². The molecule has 4 aromatic carbocycles. The lowest BCUT2D eigenvalue weighted by atomic mass is 10.00. The summed E-state index contributed by atoms with van der Waals surface area (Å²) >= 11 is 0. The Labute approximate surface area is 177 Å². The maximum Gasteiger partial charge on any atom is 0.145 e. The third kappa shape index (κ3) is 3.44. The summed E-state index contributed by atoms with van der Waals surface area (Å²) in [5, 5.41) is 0. The minimum absolute atomic E-state index is 0.930. The molecule has 1 aliphatic heterocycles. The van der Waals surface area contributed by atoms with Gasteiger partial charge in [-0.15, -0.1) is 0 Å². The van der Waals surface area contributed by atoms with Crippen LogP contribution in [0.1, 0.15) is 22.3 Å². The fourth-order valence-corrected chi connectivity index (χ4v) is 3.77. The first-order chi connectivity index (χ1) is 14.8. The lowest BCUT2D eigenvalue weighted by Crippen LogP contribution is -2.32. The number of hydrogen-bond acceptors (Lipinski definition) is 2. The highest BCUT2D eigenvalue weighted by atomic mass is 15.2. The fraction of sp³-hybridized carbons (Fsp3) is 0.0357. The van der Waals surface area contributed by atoms with E-state index in [9.17, 15) is 0 Å². The van der Waals surface area contributed by atoms with Crippen molar-refractivity contribution in [1.29, 1.82) is 0 Å². The Kier molecular flexibility index (Phi) is 4.74. The molecule has 0 aliphatic carbocycles. The number of hydrogen-bond donors (Lipinski definition) is 0. The molecule has 0 radical (unpaired) electrons. The molecule has 0 bridgehead atoms. The van der Waals surface area contributed by atoms with Gasteiger partial charge in [0.05, 0.1) is 11.4 Å². The van der Waals surface area contributed by atoms with Gasteiger partial charge in [0.15, 0.2) is 0 Å². The van der Waals surface area contributed by atoms with Gasteiger partial charge in [0, 0.05) is 16.8 Å². The number of para-hydroxylation sites is 2. The van der Waals surface area contributed by atoms with Gasteiger partial charge in [0.25, 0.3) is 0 Å². The zero-order valence-electron chi connectivity index (χ0n) is 16.9. The zero-order valence-corrected chi connectivity index (χ0v) is 16.9. The Morgan fingerprint density at radius 2 is 1.30 bits per heavy atom. The van der Waals surface area contributed by atoms with Gasteiger partial charge in [-0.2, -0.15) is 0 Å². The van der Waals surface area contributed by atoms with E-state index >= 15 is 0 Å². The summed E-state index contributed by atoms with van der Waals surface area (Å²) in [4.78, 5) is 7.34. The molecule has 30 heavy (non-hydrogen) atoms. The first kappa shape index (κ1) is 18.1. The van der Waals surface area contributed by atoms with Crippen LogP contribution in [0, 0.1) is 6.92 Å². The molecule has 0 unspecified atom stereocenters. The topological polar surface area (TPSA) is 15.6 Å². The molecule has 5 rings (SSSR count). The summed E-state index contributed by atoms with van der Waals surface area (Å²) in [6.45, 7) is 2.11. The van der Waals surface area contributed by atoms with Crippen LogP contribution in [0.25, 0.3) is 11.8 Å². The second-order valence-electron chi connectivity index (χ2n) is 7.43. The van der Waals surface area contributed by atoms with E-state index in [1.165, 1.54) is 11.1 Å². The highest BCUT2D eigenvalue weighted by Gasteiger charge is 2.27. The van der Waals surface area contributed by atoms with Crippen molar-refractivity contribution in [3.63, 3.8) is 0 Å². The van der Waals surface area contributed by atoms with Crippen molar-refractivity contribution in [2.75, 3.05) is 4.90 Å². The number of nitrogens with zero attached hydrogens (tertiary/aromatic N) is 2. The van der Waals surface area contributed by atoms with Crippen molar-refractivity contribution < 1.29 is 0 Å². The molecule has 0 atom stereocenters. The van der Waals surface area contributed by atoms with Crippen molar-refractivity contribution in [1.82, 2.24) is 0 Å². The molecular formula is C28H22N2. The zero-order chi connectivity index (χ0) is 20.3. The Balaban J connectivity index is 1.78. The summed E-state index contributed by atoms with van der Waals surface area (Å²) in [5.41, 5.74) is 7.84. The van der Waals surface area contributed by atoms with Crippen molar-refractivity contribution >= 4 is 29.0 Å². The van der Waals surface area contributed by atoms with Gasteiger partial charge < -0.3 is 0 Å². The maximum atomic E-state index is 5.08. The first-order valence-corrected chi connectivity index (χ1v) is 10.2. The van der Waals surface area contributed by atoms with E-state index in [0.717, 1.165) is 34.0 Å². The molecule has 2 heteroatoms. The van der Waals surface area contributed by atoms with Crippen LogP contribution in [0.3, 0.4) is 0 Å². The average Bonchev–Trinajstić information content (AvgIpc) is 2.81. The van der Waals surface area contributed by atoms with Crippen LogP contribution in [0.4, 0.5) is 11.4 Å². The van der Waals surface area contributed by atoms with Crippen molar-refractivity contribution in [2.45, 2.75) is 6.92 Å². The molecule has 0 fully saturated rings. The van der Waals surface area contributed by atoms with E-state index in [1.54, 1.807) is 0 Å². The van der Waals surface area contributed by atoms with Crippen LogP contribution in [0.2, 0.25) is 0 Å². The second kappa shape index (κ2) is 7.84. The number of amidine groups is 1. The van der Waals surface area contributed by atoms with Crippen LogP contribution < -0.4 is 4.90 Å². The third-order valence-electron chi connectivity index (χ3n) is 5.29. The summed E-state index contributed by atoms with van der Waals surface area (Å²) in [6, 6.07) is 37.9. The van der Waals surface area contributed by atoms with Crippen LogP contribution in [-0.4, -0.2) is 5.84 Å². The molecule has 0 N–H and O–H groups in total. The van der Waals surface area contributed by atoms with Crippen LogP contribution in [0.5, 0.6) is 0 Å². The average molecular weight is 386 g/mol. The highest BCUT2D eigenvalue weighted by molar-refractivity contribution is 6.22. The first-order valence-electron chi connectivity index (χ1n) is 10.2.